The minimum Gasteiger partial charge on any atom is -0.508 e. The fourth-order valence-corrected chi connectivity index (χ4v) is 3.06. The predicted octanol–water partition coefficient (Wildman–Crippen LogP) is 5.97. The molecule has 8 heteroatoms. The third kappa shape index (κ3) is 6.02. The summed E-state index contributed by atoms with van der Waals surface area (Å²) in [5.74, 6) is 2.48. The molecule has 3 aromatic carbocycles. The highest BCUT2D eigenvalue weighted by molar-refractivity contribution is 5.53. The summed E-state index contributed by atoms with van der Waals surface area (Å²) in [6.07, 6.45) is -4.09. The first-order valence-electron chi connectivity index (χ1n) is 9.71. The minimum absolute atomic E-state index is 0.0301. The molecule has 0 aliphatic carbocycles. The molecule has 0 atom stereocenters. The summed E-state index contributed by atoms with van der Waals surface area (Å²) in [6.45, 7) is -0.0301. The van der Waals surface area contributed by atoms with Gasteiger partial charge in [-0.3, -0.25) is 0 Å². The largest absolute Gasteiger partial charge is 0.508 e. The van der Waals surface area contributed by atoms with E-state index in [0.717, 1.165) is 24.3 Å². The van der Waals surface area contributed by atoms with Gasteiger partial charge in [-0.1, -0.05) is 17.9 Å². The number of benzene rings is 3. The van der Waals surface area contributed by atoms with Crippen LogP contribution in [-0.4, -0.2) is 11.7 Å². The van der Waals surface area contributed by atoms with Gasteiger partial charge in [-0.2, -0.15) is 18.4 Å². The fraction of sp³-hybridized carbons (Fsp3) is 0.160. The molecular formula is C25H16F5NO2. The predicted molar refractivity (Wildman–Crippen MR) is 110 cm³/mol. The van der Waals surface area contributed by atoms with Crippen LogP contribution in [0.25, 0.3) is 0 Å². The number of rotatable bonds is 5. The third-order valence-electron chi connectivity index (χ3n) is 4.63. The molecule has 0 spiro atoms. The lowest BCUT2D eigenvalue weighted by atomic mass is 9.99. The van der Waals surface area contributed by atoms with Crippen molar-refractivity contribution in [1.29, 1.82) is 5.26 Å². The van der Waals surface area contributed by atoms with Gasteiger partial charge in [-0.25, -0.2) is 8.78 Å². The molecule has 0 aromatic heterocycles. The van der Waals surface area contributed by atoms with Gasteiger partial charge < -0.3 is 9.84 Å². The van der Waals surface area contributed by atoms with Crippen molar-refractivity contribution < 1.29 is 31.8 Å². The molecule has 1 N–H and O–H groups in total. The van der Waals surface area contributed by atoms with E-state index in [1.54, 1.807) is 6.07 Å². The molecule has 0 amide bonds. The SMILES string of the molecule is N#Cc1ccc(C#Cc2ccc(O)cc2C(F)(F)F)c(CCCOc2c(F)cccc2F)c1. The fourth-order valence-electron chi connectivity index (χ4n) is 3.06. The van der Waals surface area contributed by atoms with Crippen molar-refractivity contribution >= 4 is 0 Å². The van der Waals surface area contributed by atoms with Crippen LogP contribution in [-0.2, 0) is 12.6 Å². The summed E-state index contributed by atoms with van der Waals surface area (Å²) in [4.78, 5) is 0. The molecule has 0 heterocycles. The molecule has 3 rings (SSSR count). The Kier molecular flexibility index (Phi) is 7.20. The van der Waals surface area contributed by atoms with E-state index >= 15 is 0 Å². The molecular weight excluding hydrogens is 441 g/mol. The number of phenolic OH excluding ortho intramolecular Hbond substituents is 1. The number of aromatic hydroxyl groups is 1. The average Bonchev–Trinajstić information content (AvgIpc) is 2.77. The number of hydrogen-bond acceptors (Lipinski definition) is 3. The van der Waals surface area contributed by atoms with Gasteiger partial charge in [0.15, 0.2) is 17.4 Å². The molecule has 3 nitrogen and oxygen atoms in total. The number of hydrogen-bond donors (Lipinski definition) is 1. The molecule has 0 aliphatic rings. The first-order valence-corrected chi connectivity index (χ1v) is 9.71. The molecule has 168 valence electrons. The summed E-state index contributed by atoms with van der Waals surface area (Å²) in [6, 6.07) is 12.7. The molecule has 0 aliphatic heterocycles. The molecule has 0 unspecified atom stereocenters. The van der Waals surface area contributed by atoms with E-state index in [2.05, 4.69) is 11.8 Å². The Balaban J connectivity index is 1.81. The zero-order valence-electron chi connectivity index (χ0n) is 17.0. The van der Waals surface area contributed by atoms with Crippen LogP contribution in [0.2, 0.25) is 0 Å². The van der Waals surface area contributed by atoms with Gasteiger partial charge in [0, 0.05) is 11.1 Å². The summed E-state index contributed by atoms with van der Waals surface area (Å²) in [7, 11) is 0. The van der Waals surface area contributed by atoms with E-state index in [0.29, 0.717) is 35.6 Å². The second-order valence-electron chi connectivity index (χ2n) is 6.96. The van der Waals surface area contributed by atoms with Crippen molar-refractivity contribution in [2.75, 3.05) is 6.61 Å². The lowest BCUT2D eigenvalue weighted by Gasteiger charge is -2.10. The number of ether oxygens (including phenoxy) is 1. The Labute approximate surface area is 186 Å². The molecule has 0 radical (unpaired) electrons. The number of phenols is 1. The number of halogens is 5. The van der Waals surface area contributed by atoms with E-state index in [-0.39, 0.29) is 12.2 Å². The molecule has 0 fully saturated rings. The van der Waals surface area contributed by atoms with Crippen LogP contribution in [0.1, 0.15) is 34.2 Å². The number of nitriles is 1. The smallest absolute Gasteiger partial charge is 0.417 e. The summed E-state index contributed by atoms with van der Waals surface area (Å²) < 4.78 is 72.2. The quantitative estimate of drug-likeness (QED) is 0.292. The first kappa shape index (κ1) is 23.6. The monoisotopic (exact) mass is 457 g/mol. The lowest BCUT2D eigenvalue weighted by molar-refractivity contribution is -0.137. The van der Waals surface area contributed by atoms with E-state index in [1.165, 1.54) is 18.2 Å². The highest BCUT2D eigenvalue weighted by Gasteiger charge is 2.33. The summed E-state index contributed by atoms with van der Waals surface area (Å²) in [5.41, 5.74) is -0.0736. The highest BCUT2D eigenvalue weighted by atomic mass is 19.4. The van der Waals surface area contributed by atoms with Crippen LogP contribution in [0.15, 0.2) is 54.6 Å². The van der Waals surface area contributed by atoms with E-state index < -0.39 is 34.9 Å². The number of nitrogens with zero attached hydrogens (tertiary/aromatic N) is 1. The van der Waals surface area contributed by atoms with E-state index in [1.807, 2.05) is 6.07 Å². The Morgan fingerprint density at radius 1 is 0.909 bits per heavy atom. The normalized spacial score (nSPS) is 10.8. The van der Waals surface area contributed by atoms with E-state index in [9.17, 15) is 27.1 Å². The Morgan fingerprint density at radius 3 is 2.24 bits per heavy atom. The summed E-state index contributed by atoms with van der Waals surface area (Å²) >= 11 is 0. The third-order valence-corrected chi connectivity index (χ3v) is 4.63. The molecule has 3 aromatic rings. The van der Waals surface area contributed by atoms with Gasteiger partial charge in [0.05, 0.1) is 23.8 Å². The van der Waals surface area contributed by atoms with Crippen molar-refractivity contribution in [3.05, 3.63) is 94.0 Å². The van der Waals surface area contributed by atoms with Crippen molar-refractivity contribution in [3.8, 4) is 29.4 Å². The second-order valence-corrected chi connectivity index (χ2v) is 6.96. The minimum atomic E-state index is -4.70. The van der Waals surface area contributed by atoms with Crippen molar-refractivity contribution in [3.63, 3.8) is 0 Å². The van der Waals surface area contributed by atoms with Gasteiger partial charge in [-0.05, 0) is 66.9 Å². The second kappa shape index (κ2) is 10.1. The summed E-state index contributed by atoms with van der Waals surface area (Å²) in [5, 5.41) is 18.5. The highest BCUT2D eigenvalue weighted by Crippen LogP contribution is 2.34. The maximum Gasteiger partial charge on any atom is 0.417 e. The van der Waals surface area contributed by atoms with Crippen LogP contribution >= 0.6 is 0 Å². The number of para-hydroxylation sites is 1. The molecule has 33 heavy (non-hydrogen) atoms. The van der Waals surface area contributed by atoms with Gasteiger partial charge in [0.2, 0.25) is 0 Å². The standard InChI is InChI=1S/C25H16F5NO2/c26-22-4-1-5-23(27)24(22)33-12-2-3-19-13-16(15-31)6-7-17(19)8-9-18-10-11-20(32)14-21(18)25(28,29)30/h1,4-7,10-11,13-14,32H,2-3,12H2. The Morgan fingerprint density at radius 2 is 1.58 bits per heavy atom. The van der Waals surface area contributed by atoms with Crippen LogP contribution in [0.5, 0.6) is 11.5 Å². The number of alkyl halides is 3. The maximum atomic E-state index is 13.7. The Bertz CT molecular complexity index is 1250. The molecule has 0 bridgehead atoms. The lowest BCUT2D eigenvalue weighted by Crippen LogP contribution is -2.07. The molecule has 0 saturated heterocycles. The van der Waals surface area contributed by atoms with Crippen molar-refractivity contribution in [2.24, 2.45) is 0 Å². The topological polar surface area (TPSA) is 53.2 Å². The maximum absolute atomic E-state index is 13.7. The van der Waals surface area contributed by atoms with Gasteiger partial charge >= 0.3 is 6.18 Å². The number of aryl methyl sites for hydroxylation is 1. The van der Waals surface area contributed by atoms with Gasteiger partial charge in [0.1, 0.15) is 5.75 Å². The van der Waals surface area contributed by atoms with Crippen LogP contribution in [0, 0.1) is 34.8 Å². The Hall–Kier alpha value is -4.04. The van der Waals surface area contributed by atoms with Crippen molar-refractivity contribution in [2.45, 2.75) is 19.0 Å². The van der Waals surface area contributed by atoms with Gasteiger partial charge in [0.25, 0.3) is 0 Å². The average molecular weight is 457 g/mol. The van der Waals surface area contributed by atoms with E-state index in [4.69, 9.17) is 10.00 Å². The van der Waals surface area contributed by atoms with Crippen molar-refractivity contribution in [1.82, 2.24) is 0 Å². The zero-order chi connectivity index (χ0) is 24.0. The van der Waals surface area contributed by atoms with Crippen LogP contribution in [0.3, 0.4) is 0 Å². The van der Waals surface area contributed by atoms with Crippen LogP contribution < -0.4 is 4.74 Å². The molecule has 0 saturated carbocycles. The first-order chi connectivity index (χ1) is 15.7. The van der Waals surface area contributed by atoms with Gasteiger partial charge in [-0.15, -0.1) is 0 Å². The zero-order valence-corrected chi connectivity index (χ0v) is 17.0. The van der Waals surface area contributed by atoms with Crippen LogP contribution in [0.4, 0.5) is 22.0 Å².